The van der Waals surface area contributed by atoms with Gasteiger partial charge in [0.1, 0.15) is 0 Å². The van der Waals surface area contributed by atoms with Crippen molar-refractivity contribution >= 4 is 41.1 Å². The van der Waals surface area contributed by atoms with Crippen LogP contribution in [0.15, 0.2) is 18.2 Å². The number of rotatable bonds is 3. The monoisotopic (exact) mass is 304 g/mol. The van der Waals surface area contributed by atoms with Crippen LogP contribution in [0.25, 0.3) is 0 Å². The highest BCUT2D eigenvalue weighted by Gasteiger charge is 2.28. The number of carbonyl (C=O) groups excluding carboxylic acids is 1. The number of carbonyl (C=O) groups is 1. The second kappa shape index (κ2) is 6.15. The number of nitrogens with one attached hydrogen (secondary N) is 1. The fourth-order valence-electron chi connectivity index (χ4n) is 1.84. The first kappa shape index (κ1) is 14.0. The fourth-order valence-corrected chi connectivity index (χ4v) is 3.31. The van der Waals surface area contributed by atoms with E-state index in [-0.39, 0.29) is 11.9 Å². The van der Waals surface area contributed by atoms with Crippen LogP contribution in [-0.2, 0) is 11.3 Å². The predicted octanol–water partition coefficient (Wildman–Crippen LogP) is 2.96. The Hall–Kier alpha value is -0.420. The SMILES string of the molecule is CN1SCCC1C(=O)NCc1ccc(Cl)cc1Cl. The van der Waals surface area contributed by atoms with Crippen molar-refractivity contribution in [1.82, 2.24) is 9.62 Å². The largest absolute Gasteiger partial charge is 0.351 e. The summed E-state index contributed by atoms with van der Waals surface area (Å²) in [5.41, 5.74) is 0.878. The number of amides is 1. The zero-order valence-corrected chi connectivity index (χ0v) is 12.3. The molecule has 1 heterocycles. The van der Waals surface area contributed by atoms with Crippen LogP contribution in [-0.4, -0.2) is 29.1 Å². The molecule has 0 bridgehead atoms. The van der Waals surface area contributed by atoms with Crippen molar-refractivity contribution in [2.24, 2.45) is 0 Å². The molecule has 1 aromatic rings. The third-order valence-electron chi connectivity index (χ3n) is 2.90. The summed E-state index contributed by atoms with van der Waals surface area (Å²) in [5.74, 6) is 1.05. The first-order valence-corrected chi connectivity index (χ1v) is 7.35. The van der Waals surface area contributed by atoms with E-state index in [2.05, 4.69) is 5.32 Å². The van der Waals surface area contributed by atoms with Gasteiger partial charge < -0.3 is 5.32 Å². The molecule has 0 aliphatic carbocycles. The molecular formula is C12H14Cl2N2OS. The maximum Gasteiger partial charge on any atom is 0.238 e. The van der Waals surface area contributed by atoms with Crippen LogP contribution < -0.4 is 5.32 Å². The van der Waals surface area contributed by atoms with Gasteiger partial charge in [0.2, 0.25) is 5.91 Å². The molecule has 1 unspecified atom stereocenters. The molecule has 98 valence electrons. The van der Waals surface area contributed by atoms with Crippen molar-refractivity contribution in [2.45, 2.75) is 19.0 Å². The number of likely N-dealkylation sites (N-methyl/N-ethyl adjacent to an activating group) is 1. The molecule has 18 heavy (non-hydrogen) atoms. The maximum absolute atomic E-state index is 12.0. The zero-order valence-electron chi connectivity index (χ0n) is 9.95. The molecule has 0 radical (unpaired) electrons. The molecule has 1 aliphatic rings. The Labute approximate surface area is 121 Å². The van der Waals surface area contributed by atoms with Gasteiger partial charge in [-0.1, -0.05) is 41.2 Å². The Morgan fingerprint density at radius 1 is 1.56 bits per heavy atom. The van der Waals surface area contributed by atoms with Crippen LogP contribution >= 0.6 is 35.1 Å². The first-order chi connectivity index (χ1) is 8.58. The minimum atomic E-state index is -0.0407. The van der Waals surface area contributed by atoms with Crippen molar-refractivity contribution < 1.29 is 4.79 Å². The van der Waals surface area contributed by atoms with Crippen molar-refractivity contribution in [3.63, 3.8) is 0 Å². The standard InChI is InChI=1S/C12H14Cl2N2OS/c1-16-11(4-5-18-16)12(17)15-7-8-2-3-9(13)6-10(8)14/h2-3,6,11H,4-5,7H2,1H3,(H,15,17). The van der Waals surface area contributed by atoms with Crippen LogP contribution in [0.2, 0.25) is 10.0 Å². The van der Waals surface area contributed by atoms with E-state index >= 15 is 0 Å². The molecule has 1 fully saturated rings. The molecule has 1 aromatic carbocycles. The highest BCUT2D eigenvalue weighted by molar-refractivity contribution is 7.97. The van der Waals surface area contributed by atoms with Gasteiger partial charge in [0, 0.05) is 22.3 Å². The van der Waals surface area contributed by atoms with E-state index in [4.69, 9.17) is 23.2 Å². The average molecular weight is 305 g/mol. The molecule has 0 spiro atoms. The van der Waals surface area contributed by atoms with Gasteiger partial charge in [-0.3, -0.25) is 4.79 Å². The van der Waals surface area contributed by atoms with E-state index in [9.17, 15) is 4.79 Å². The van der Waals surface area contributed by atoms with Gasteiger partial charge in [-0.25, -0.2) is 4.31 Å². The summed E-state index contributed by atoms with van der Waals surface area (Å²) in [6.45, 7) is 0.434. The van der Waals surface area contributed by atoms with Crippen molar-refractivity contribution in [1.29, 1.82) is 0 Å². The highest BCUT2D eigenvalue weighted by Crippen LogP contribution is 2.25. The molecule has 1 saturated heterocycles. The van der Waals surface area contributed by atoms with Gasteiger partial charge in [0.25, 0.3) is 0 Å². The van der Waals surface area contributed by atoms with E-state index in [1.807, 2.05) is 17.4 Å². The number of nitrogens with zero attached hydrogens (tertiary/aromatic N) is 1. The average Bonchev–Trinajstić information content (AvgIpc) is 2.74. The molecule has 1 amide bonds. The van der Waals surface area contributed by atoms with Crippen molar-refractivity contribution in [2.75, 3.05) is 12.8 Å². The molecule has 2 rings (SSSR count). The van der Waals surface area contributed by atoms with Gasteiger partial charge in [-0.05, 0) is 31.2 Å². The molecule has 1 atom stereocenters. The number of halogens is 2. The van der Waals surface area contributed by atoms with Gasteiger partial charge in [-0.2, -0.15) is 0 Å². The minimum Gasteiger partial charge on any atom is -0.351 e. The quantitative estimate of drug-likeness (QED) is 0.872. The molecule has 1 aliphatic heterocycles. The summed E-state index contributed by atoms with van der Waals surface area (Å²) in [4.78, 5) is 12.0. The van der Waals surface area contributed by atoms with E-state index in [0.29, 0.717) is 16.6 Å². The smallest absolute Gasteiger partial charge is 0.238 e. The van der Waals surface area contributed by atoms with Gasteiger partial charge in [0.15, 0.2) is 0 Å². The third kappa shape index (κ3) is 3.32. The van der Waals surface area contributed by atoms with Gasteiger partial charge in [-0.15, -0.1) is 0 Å². The predicted molar refractivity (Wildman–Crippen MR) is 76.9 cm³/mol. The minimum absolute atomic E-state index is 0.0407. The van der Waals surface area contributed by atoms with Crippen LogP contribution in [0.3, 0.4) is 0 Å². The summed E-state index contributed by atoms with van der Waals surface area (Å²) in [6, 6.07) is 5.24. The number of benzene rings is 1. The Morgan fingerprint density at radius 3 is 2.94 bits per heavy atom. The van der Waals surface area contributed by atoms with Crippen molar-refractivity contribution in [3.8, 4) is 0 Å². The lowest BCUT2D eigenvalue weighted by Gasteiger charge is -2.17. The summed E-state index contributed by atoms with van der Waals surface area (Å²) >= 11 is 13.6. The highest BCUT2D eigenvalue weighted by atomic mass is 35.5. The van der Waals surface area contributed by atoms with Gasteiger partial charge in [0.05, 0.1) is 6.04 Å². The van der Waals surface area contributed by atoms with Crippen LogP contribution in [0.5, 0.6) is 0 Å². The number of hydrogen-bond donors (Lipinski definition) is 1. The summed E-state index contributed by atoms with van der Waals surface area (Å²) in [7, 11) is 1.94. The van der Waals surface area contributed by atoms with Crippen molar-refractivity contribution in [3.05, 3.63) is 33.8 Å². The van der Waals surface area contributed by atoms with Crippen LogP contribution in [0.1, 0.15) is 12.0 Å². The molecule has 0 saturated carbocycles. The Balaban J connectivity index is 1.93. The Morgan fingerprint density at radius 2 is 2.33 bits per heavy atom. The lowest BCUT2D eigenvalue weighted by Crippen LogP contribution is -2.39. The van der Waals surface area contributed by atoms with Crippen LogP contribution in [0, 0.1) is 0 Å². The normalized spacial score (nSPS) is 20.1. The first-order valence-electron chi connectivity index (χ1n) is 5.65. The molecule has 6 heteroatoms. The topological polar surface area (TPSA) is 32.3 Å². The second-order valence-corrected chi connectivity index (χ2v) is 6.22. The summed E-state index contributed by atoms with van der Waals surface area (Å²) in [6.07, 6.45) is 0.890. The second-order valence-electron chi connectivity index (χ2n) is 4.14. The lowest BCUT2D eigenvalue weighted by molar-refractivity contribution is -0.124. The lowest BCUT2D eigenvalue weighted by atomic mass is 10.2. The molecule has 0 aromatic heterocycles. The van der Waals surface area contributed by atoms with E-state index < -0.39 is 0 Å². The fraction of sp³-hybridized carbons (Fsp3) is 0.417. The zero-order chi connectivity index (χ0) is 13.1. The molecule has 1 N–H and O–H groups in total. The summed E-state index contributed by atoms with van der Waals surface area (Å²) in [5, 5.41) is 4.09. The van der Waals surface area contributed by atoms with Crippen LogP contribution in [0.4, 0.5) is 0 Å². The van der Waals surface area contributed by atoms with E-state index in [0.717, 1.165) is 17.7 Å². The van der Waals surface area contributed by atoms with E-state index in [1.165, 1.54) is 0 Å². The Kier molecular flexibility index (Phi) is 4.78. The molecular weight excluding hydrogens is 291 g/mol. The number of hydrogen-bond acceptors (Lipinski definition) is 3. The Bertz CT molecular complexity index is 456. The summed E-state index contributed by atoms with van der Waals surface area (Å²) < 4.78 is 2.00. The van der Waals surface area contributed by atoms with Gasteiger partial charge >= 0.3 is 0 Å². The maximum atomic E-state index is 12.0. The van der Waals surface area contributed by atoms with E-state index in [1.54, 1.807) is 24.1 Å². The molecule has 3 nitrogen and oxygen atoms in total. The third-order valence-corrected chi connectivity index (χ3v) is 4.56.